The van der Waals surface area contributed by atoms with Gasteiger partial charge in [0.25, 0.3) is 0 Å². The lowest BCUT2D eigenvalue weighted by atomic mass is 10.1. The predicted octanol–water partition coefficient (Wildman–Crippen LogP) is 4.24. The van der Waals surface area contributed by atoms with Crippen molar-refractivity contribution in [3.63, 3.8) is 0 Å². The number of aryl methyl sites for hydroxylation is 1. The molecular formula is C17H20F2N2O. The molecule has 1 aromatic carbocycles. The van der Waals surface area contributed by atoms with E-state index in [4.69, 9.17) is 4.52 Å². The number of hydrogen-bond acceptors (Lipinski definition) is 3. The highest BCUT2D eigenvalue weighted by Gasteiger charge is 2.29. The highest BCUT2D eigenvalue weighted by atomic mass is 19.1. The largest absolute Gasteiger partial charge is 0.361 e. The van der Waals surface area contributed by atoms with E-state index >= 15 is 0 Å². The van der Waals surface area contributed by atoms with Crippen LogP contribution in [-0.4, -0.2) is 16.6 Å². The van der Waals surface area contributed by atoms with Gasteiger partial charge in [0.05, 0.1) is 6.04 Å². The minimum absolute atomic E-state index is 0.122. The molecule has 1 aliphatic rings. The van der Waals surface area contributed by atoms with Gasteiger partial charge in [-0.25, -0.2) is 8.78 Å². The van der Waals surface area contributed by atoms with E-state index in [9.17, 15) is 8.78 Å². The molecule has 1 aromatic heterocycles. The van der Waals surface area contributed by atoms with Gasteiger partial charge in [-0.1, -0.05) is 12.1 Å². The molecule has 1 aliphatic heterocycles. The molecule has 0 saturated carbocycles. The second-order valence-corrected chi connectivity index (χ2v) is 5.83. The van der Waals surface area contributed by atoms with Crippen molar-refractivity contribution in [2.24, 2.45) is 0 Å². The van der Waals surface area contributed by atoms with Gasteiger partial charge in [0, 0.05) is 24.6 Å². The number of benzene rings is 1. The van der Waals surface area contributed by atoms with Crippen LogP contribution >= 0.6 is 0 Å². The Morgan fingerprint density at radius 1 is 1.32 bits per heavy atom. The molecule has 1 unspecified atom stereocenters. The van der Waals surface area contributed by atoms with E-state index in [1.165, 1.54) is 12.1 Å². The van der Waals surface area contributed by atoms with Gasteiger partial charge >= 0.3 is 0 Å². The molecule has 1 saturated heterocycles. The summed E-state index contributed by atoms with van der Waals surface area (Å²) in [5.41, 5.74) is 1.29. The van der Waals surface area contributed by atoms with Crippen molar-refractivity contribution >= 4 is 0 Å². The van der Waals surface area contributed by atoms with Gasteiger partial charge in [0.15, 0.2) is 0 Å². The third-order valence-electron chi connectivity index (χ3n) is 4.16. The quantitative estimate of drug-likeness (QED) is 0.827. The third kappa shape index (κ3) is 3.19. The smallest absolute Gasteiger partial charge is 0.137 e. The van der Waals surface area contributed by atoms with Crippen LogP contribution in [0.2, 0.25) is 0 Å². The lowest BCUT2D eigenvalue weighted by Gasteiger charge is -2.22. The first kappa shape index (κ1) is 15.2. The first-order chi connectivity index (χ1) is 10.7. The van der Waals surface area contributed by atoms with E-state index in [1.54, 1.807) is 0 Å². The number of nitrogens with zero attached hydrogens (tertiary/aromatic N) is 2. The number of likely N-dealkylation sites (tertiary alicyclic amines) is 1. The molecule has 3 rings (SSSR count). The van der Waals surface area contributed by atoms with Crippen LogP contribution in [0.25, 0.3) is 0 Å². The molecule has 0 amide bonds. The van der Waals surface area contributed by atoms with Crippen LogP contribution in [0.15, 0.2) is 28.8 Å². The molecule has 0 radical (unpaired) electrons. The van der Waals surface area contributed by atoms with Gasteiger partial charge in [-0.3, -0.25) is 4.90 Å². The summed E-state index contributed by atoms with van der Waals surface area (Å²) in [5, 5.41) is 4.16. The van der Waals surface area contributed by atoms with Gasteiger partial charge in [0.2, 0.25) is 0 Å². The lowest BCUT2D eigenvalue weighted by Crippen LogP contribution is -2.23. The summed E-state index contributed by atoms with van der Waals surface area (Å²) >= 11 is 0. The van der Waals surface area contributed by atoms with Gasteiger partial charge in [-0.05, 0) is 44.0 Å². The molecule has 1 fully saturated rings. The van der Waals surface area contributed by atoms with Crippen molar-refractivity contribution in [2.75, 3.05) is 6.54 Å². The summed E-state index contributed by atoms with van der Waals surface area (Å²) in [5.74, 6) is 0.124. The Morgan fingerprint density at radius 3 is 3.00 bits per heavy atom. The highest BCUT2D eigenvalue weighted by molar-refractivity contribution is 5.20. The Kier molecular flexibility index (Phi) is 4.52. The average molecular weight is 306 g/mol. The van der Waals surface area contributed by atoms with Gasteiger partial charge in [0.1, 0.15) is 23.1 Å². The Hall–Kier alpha value is -1.75. The Morgan fingerprint density at radius 2 is 2.18 bits per heavy atom. The molecule has 22 heavy (non-hydrogen) atoms. The summed E-state index contributed by atoms with van der Waals surface area (Å²) in [6.07, 6.45) is 3.88. The molecule has 0 spiro atoms. The van der Waals surface area contributed by atoms with E-state index in [0.717, 1.165) is 49.7 Å². The maximum atomic E-state index is 13.8. The molecular weight excluding hydrogens is 286 g/mol. The topological polar surface area (TPSA) is 29.3 Å². The molecule has 1 atom stereocenters. The van der Waals surface area contributed by atoms with Crippen LogP contribution in [0.4, 0.5) is 8.78 Å². The lowest BCUT2D eigenvalue weighted by molar-refractivity contribution is 0.233. The molecule has 2 heterocycles. The predicted molar refractivity (Wildman–Crippen MR) is 79.2 cm³/mol. The fourth-order valence-electron chi connectivity index (χ4n) is 3.08. The molecule has 5 heteroatoms. The summed E-state index contributed by atoms with van der Waals surface area (Å²) in [6, 6.07) is 5.72. The van der Waals surface area contributed by atoms with Gasteiger partial charge in [-0.2, -0.15) is 0 Å². The van der Waals surface area contributed by atoms with Crippen molar-refractivity contribution in [2.45, 2.75) is 45.2 Å². The van der Waals surface area contributed by atoms with Crippen molar-refractivity contribution in [3.05, 3.63) is 52.9 Å². The van der Waals surface area contributed by atoms with E-state index in [0.29, 0.717) is 12.1 Å². The minimum Gasteiger partial charge on any atom is -0.361 e. The van der Waals surface area contributed by atoms with Gasteiger partial charge in [-0.15, -0.1) is 0 Å². The zero-order valence-electron chi connectivity index (χ0n) is 12.7. The normalized spacial score (nSPS) is 19.0. The maximum absolute atomic E-state index is 13.8. The molecule has 2 aromatic rings. The summed E-state index contributed by atoms with van der Waals surface area (Å²) in [4.78, 5) is 2.14. The Balaban J connectivity index is 1.76. The van der Waals surface area contributed by atoms with Crippen molar-refractivity contribution in [3.8, 4) is 0 Å². The maximum Gasteiger partial charge on any atom is 0.137 e. The number of halogens is 2. The van der Waals surface area contributed by atoms with Crippen LogP contribution in [0.1, 0.15) is 49.2 Å². The second kappa shape index (κ2) is 6.57. The van der Waals surface area contributed by atoms with Crippen molar-refractivity contribution in [1.29, 1.82) is 0 Å². The van der Waals surface area contributed by atoms with Crippen molar-refractivity contribution in [1.82, 2.24) is 10.1 Å². The average Bonchev–Trinajstić information content (AvgIpc) is 3.12. The minimum atomic E-state index is -0.404. The molecule has 118 valence electrons. The van der Waals surface area contributed by atoms with E-state index in [1.807, 2.05) is 6.07 Å². The number of rotatable bonds is 5. The summed E-state index contributed by atoms with van der Waals surface area (Å²) in [6.45, 7) is 3.34. The van der Waals surface area contributed by atoms with Crippen LogP contribution in [-0.2, 0) is 13.0 Å². The third-order valence-corrected chi connectivity index (χ3v) is 4.16. The first-order valence-corrected chi connectivity index (χ1v) is 7.81. The fraction of sp³-hybridized carbons (Fsp3) is 0.471. The second-order valence-electron chi connectivity index (χ2n) is 5.83. The van der Waals surface area contributed by atoms with E-state index in [-0.39, 0.29) is 11.9 Å². The van der Waals surface area contributed by atoms with Crippen LogP contribution in [0.3, 0.4) is 0 Å². The Bertz CT molecular complexity index is 641. The number of aromatic nitrogens is 1. The van der Waals surface area contributed by atoms with Crippen molar-refractivity contribution < 1.29 is 13.3 Å². The summed E-state index contributed by atoms with van der Waals surface area (Å²) < 4.78 is 32.5. The highest BCUT2D eigenvalue weighted by Crippen LogP contribution is 2.33. The SMILES string of the molecule is CCCc1cc(C2CCCN2Cc2cc(F)ccc2F)no1. The Labute approximate surface area is 128 Å². The van der Waals surface area contributed by atoms with Crippen LogP contribution < -0.4 is 0 Å². The molecule has 0 aliphatic carbocycles. The zero-order chi connectivity index (χ0) is 15.5. The first-order valence-electron chi connectivity index (χ1n) is 7.81. The van der Waals surface area contributed by atoms with Crippen LogP contribution in [0, 0.1) is 11.6 Å². The monoisotopic (exact) mass is 306 g/mol. The molecule has 0 N–H and O–H groups in total. The van der Waals surface area contributed by atoms with E-state index < -0.39 is 5.82 Å². The van der Waals surface area contributed by atoms with Crippen LogP contribution in [0.5, 0.6) is 0 Å². The fourth-order valence-corrected chi connectivity index (χ4v) is 3.08. The molecule has 0 bridgehead atoms. The molecule has 3 nitrogen and oxygen atoms in total. The summed E-state index contributed by atoms with van der Waals surface area (Å²) in [7, 11) is 0. The van der Waals surface area contributed by atoms with E-state index in [2.05, 4.69) is 17.0 Å². The zero-order valence-corrected chi connectivity index (χ0v) is 12.7. The standard InChI is InChI=1S/C17H20F2N2O/c1-2-4-14-10-16(20-22-14)17-5-3-8-21(17)11-12-9-13(18)6-7-15(12)19/h6-7,9-10,17H,2-5,8,11H2,1H3. The van der Waals surface area contributed by atoms with Gasteiger partial charge < -0.3 is 4.52 Å². The number of hydrogen-bond donors (Lipinski definition) is 0.